The van der Waals surface area contributed by atoms with Crippen LogP contribution in [0.25, 0.3) is 0 Å². The minimum Gasteiger partial charge on any atom is -0.382 e. The minimum absolute atomic E-state index is 0.311. The number of likely N-dealkylation sites (tertiary alicyclic amines) is 1. The van der Waals surface area contributed by atoms with Gasteiger partial charge in [0.25, 0.3) is 0 Å². The lowest BCUT2D eigenvalue weighted by Crippen LogP contribution is -2.43. The maximum Gasteiger partial charge on any atom is 0.128 e. The normalized spacial score (nSPS) is 21.5. The number of nitrogens with zero attached hydrogens (tertiary/aromatic N) is 1. The van der Waals surface area contributed by atoms with Crippen LogP contribution in [-0.4, -0.2) is 36.3 Å². The van der Waals surface area contributed by atoms with E-state index < -0.39 is 0 Å². The van der Waals surface area contributed by atoms with E-state index >= 15 is 0 Å². The Bertz CT molecular complexity index is 304. The first-order chi connectivity index (χ1) is 7.20. The molecule has 1 aromatic rings. The van der Waals surface area contributed by atoms with Crippen molar-refractivity contribution in [3.05, 3.63) is 35.9 Å². The molecule has 0 spiro atoms. The maximum absolute atomic E-state index is 10.1. The van der Waals surface area contributed by atoms with Gasteiger partial charge in [-0.1, -0.05) is 30.3 Å². The van der Waals surface area contributed by atoms with Crippen LogP contribution in [0, 0.1) is 0 Å². The number of aliphatic hydroxyl groups is 1. The van der Waals surface area contributed by atoms with Crippen LogP contribution in [0.5, 0.6) is 0 Å². The van der Waals surface area contributed by atoms with E-state index in [0.29, 0.717) is 0 Å². The number of rotatable bonds is 3. The van der Waals surface area contributed by atoms with Crippen LogP contribution in [0.3, 0.4) is 0 Å². The van der Waals surface area contributed by atoms with Crippen LogP contribution in [0.4, 0.5) is 0 Å². The molecule has 1 aliphatic heterocycles. The van der Waals surface area contributed by atoms with Gasteiger partial charge in [0.05, 0.1) is 20.1 Å². The lowest BCUT2D eigenvalue weighted by atomic mass is 10.1. The van der Waals surface area contributed by atoms with Crippen molar-refractivity contribution in [2.24, 2.45) is 0 Å². The van der Waals surface area contributed by atoms with Crippen molar-refractivity contribution >= 4 is 0 Å². The summed E-state index contributed by atoms with van der Waals surface area (Å²) in [7, 11) is 2.25. The third-order valence-electron chi connectivity index (χ3n) is 3.44. The molecule has 2 heteroatoms. The van der Waals surface area contributed by atoms with Crippen molar-refractivity contribution < 1.29 is 9.59 Å². The fraction of sp³-hybridized carbons (Fsp3) is 0.538. The van der Waals surface area contributed by atoms with Crippen LogP contribution < -0.4 is 0 Å². The standard InChI is InChI=1S/C13H20NO/c1-14(9-5-6-10-14)11-13(15)12-7-3-2-4-8-12/h2-4,7-8,13,15H,5-6,9-11H2,1H3/q+1/t13-/m1/s1. The Morgan fingerprint density at radius 1 is 1.20 bits per heavy atom. The Labute approximate surface area is 91.7 Å². The molecule has 1 aliphatic rings. The largest absolute Gasteiger partial charge is 0.382 e. The van der Waals surface area contributed by atoms with Gasteiger partial charge in [0, 0.05) is 12.8 Å². The molecule has 0 saturated carbocycles. The van der Waals surface area contributed by atoms with Gasteiger partial charge < -0.3 is 9.59 Å². The van der Waals surface area contributed by atoms with Crippen molar-refractivity contribution in [1.29, 1.82) is 0 Å². The van der Waals surface area contributed by atoms with E-state index in [2.05, 4.69) is 7.05 Å². The first-order valence-electron chi connectivity index (χ1n) is 5.76. The monoisotopic (exact) mass is 206 g/mol. The van der Waals surface area contributed by atoms with Gasteiger partial charge in [-0.05, 0) is 5.56 Å². The first-order valence-corrected chi connectivity index (χ1v) is 5.76. The second kappa shape index (κ2) is 4.33. The van der Waals surface area contributed by atoms with Crippen LogP contribution in [0.2, 0.25) is 0 Å². The van der Waals surface area contributed by atoms with Crippen molar-refractivity contribution in [3.8, 4) is 0 Å². The molecule has 82 valence electrons. The molecule has 1 heterocycles. The van der Waals surface area contributed by atoms with Crippen molar-refractivity contribution in [1.82, 2.24) is 0 Å². The number of aliphatic hydroxyl groups excluding tert-OH is 1. The zero-order valence-electron chi connectivity index (χ0n) is 9.39. The van der Waals surface area contributed by atoms with E-state index in [-0.39, 0.29) is 6.10 Å². The fourth-order valence-electron chi connectivity index (χ4n) is 2.48. The predicted octanol–water partition coefficient (Wildman–Crippen LogP) is 1.96. The fourth-order valence-corrected chi connectivity index (χ4v) is 2.48. The highest BCUT2D eigenvalue weighted by Crippen LogP contribution is 2.22. The molecular formula is C13H20NO+. The summed E-state index contributed by atoms with van der Waals surface area (Å²) in [6.07, 6.45) is 2.30. The molecule has 15 heavy (non-hydrogen) atoms. The van der Waals surface area contributed by atoms with Gasteiger partial charge in [0.1, 0.15) is 12.6 Å². The zero-order valence-corrected chi connectivity index (χ0v) is 9.39. The minimum atomic E-state index is -0.311. The third-order valence-corrected chi connectivity index (χ3v) is 3.44. The molecule has 0 bridgehead atoms. The van der Waals surface area contributed by atoms with E-state index in [1.165, 1.54) is 25.9 Å². The number of quaternary nitrogens is 1. The van der Waals surface area contributed by atoms with Crippen LogP contribution in [0.15, 0.2) is 30.3 Å². The molecule has 0 unspecified atom stereocenters. The molecule has 2 nitrogen and oxygen atoms in total. The SMILES string of the molecule is C[N+]1(C[C@@H](O)c2ccccc2)CCCC1. The molecule has 0 aliphatic carbocycles. The lowest BCUT2D eigenvalue weighted by Gasteiger charge is -2.31. The summed E-state index contributed by atoms with van der Waals surface area (Å²) in [5, 5.41) is 10.1. The molecule has 0 amide bonds. The highest BCUT2D eigenvalue weighted by Gasteiger charge is 2.29. The summed E-state index contributed by atoms with van der Waals surface area (Å²) in [5.41, 5.74) is 1.05. The Kier molecular flexibility index (Phi) is 3.08. The summed E-state index contributed by atoms with van der Waals surface area (Å²) in [5.74, 6) is 0. The average Bonchev–Trinajstić information content (AvgIpc) is 2.66. The molecule has 0 aromatic heterocycles. The Morgan fingerprint density at radius 3 is 2.40 bits per heavy atom. The zero-order chi connectivity index (χ0) is 10.7. The van der Waals surface area contributed by atoms with E-state index in [1.807, 2.05) is 30.3 Å². The topological polar surface area (TPSA) is 20.2 Å². The van der Waals surface area contributed by atoms with E-state index in [9.17, 15) is 5.11 Å². The smallest absolute Gasteiger partial charge is 0.128 e. The van der Waals surface area contributed by atoms with Gasteiger partial charge in [-0.25, -0.2) is 0 Å². The van der Waals surface area contributed by atoms with Gasteiger partial charge >= 0.3 is 0 Å². The highest BCUT2D eigenvalue weighted by molar-refractivity contribution is 5.17. The van der Waals surface area contributed by atoms with Crippen molar-refractivity contribution in [2.75, 3.05) is 26.7 Å². The van der Waals surface area contributed by atoms with Crippen LogP contribution in [-0.2, 0) is 0 Å². The summed E-state index contributed by atoms with van der Waals surface area (Å²) >= 11 is 0. The van der Waals surface area contributed by atoms with E-state index in [1.54, 1.807) is 0 Å². The Hall–Kier alpha value is -0.860. The number of likely N-dealkylation sites (N-methyl/N-ethyl adjacent to an activating group) is 1. The van der Waals surface area contributed by atoms with Gasteiger partial charge in [0.15, 0.2) is 0 Å². The molecule has 1 fully saturated rings. The predicted molar refractivity (Wildman–Crippen MR) is 61.4 cm³/mol. The quantitative estimate of drug-likeness (QED) is 0.750. The number of benzene rings is 1. The van der Waals surface area contributed by atoms with Gasteiger partial charge in [0.2, 0.25) is 0 Å². The number of hydrogen-bond acceptors (Lipinski definition) is 1. The van der Waals surface area contributed by atoms with Gasteiger partial charge in [-0.2, -0.15) is 0 Å². The summed E-state index contributed by atoms with van der Waals surface area (Å²) < 4.78 is 1.02. The maximum atomic E-state index is 10.1. The third kappa shape index (κ3) is 2.58. The highest BCUT2D eigenvalue weighted by atomic mass is 16.3. The molecule has 1 aromatic carbocycles. The summed E-state index contributed by atoms with van der Waals surface area (Å²) in [6, 6.07) is 9.98. The number of hydrogen-bond donors (Lipinski definition) is 1. The Morgan fingerprint density at radius 2 is 1.80 bits per heavy atom. The van der Waals surface area contributed by atoms with Crippen molar-refractivity contribution in [2.45, 2.75) is 18.9 Å². The second-order valence-corrected chi connectivity index (χ2v) is 4.88. The molecular weight excluding hydrogens is 186 g/mol. The average molecular weight is 206 g/mol. The molecule has 0 radical (unpaired) electrons. The van der Waals surface area contributed by atoms with Crippen LogP contribution >= 0.6 is 0 Å². The van der Waals surface area contributed by atoms with Gasteiger partial charge in [-0.15, -0.1) is 0 Å². The molecule has 1 N–H and O–H groups in total. The van der Waals surface area contributed by atoms with E-state index in [0.717, 1.165) is 16.6 Å². The second-order valence-electron chi connectivity index (χ2n) is 4.88. The van der Waals surface area contributed by atoms with Gasteiger partial charge in [-0.3, -0.25) is 0 Å². The lowest BCUT2D eigenvalue weighted by molar-refractivity contribution is -0.901. The molecule has 1 saturated heterocycles. The molecule has 2 rings (SSSR count). The summed E-state index contributed by atoms with van der Waals surface area (Å²) in [6.45, 7) is 3.28. The van der Waals surface area contributed by atoms with E-state index in [4.69, 9.17) is 0 Å². The Balaban J connectivity index is 2.00. The van der Waals surface area contributed by atoms with Crippen LogP contribution in [0.1, 0.15) is 24.5 Å². The summed E-state index contributed by atoms with van der Waals surface area (Å²) in [4.78, 5) is 0. The van der Waals surface area contributed by atoms with Crippen molar-refractivity contribution in [3.63, 3.8) is 0 Å². The molecule has 1 atom stereocenters. The first kappa shape index (κ1) is 10.7.